The fourth-order valence-corrected chi connectivity index (χ4v) is 3.18. The molecule has 2 atom stereocenters. The summed E-state index contributed by atoms with van der Waals surface area (Å²) in [5.74, 6) is -1.99. The third-order valence-corrected chi connectivity index (χ3v) is 4.07. The third-order valence-electron chi connectivity index (χ3n) is 4.07. The van der Waals surface area contributed by atoms with E-state index in [4.69, 9.17) is 4.74 Å². The molecule has 0 amide bonds. The molecule has 1 N–H and O–H groups in total. The molecule has 3 nitrogen and oxygen atoms in total. The van der Waals surface area contributed by atoms with Crippen molar-refractivity contribution in [1.29, 1.82) is 0 Å². The van der Waals surface area contributed by atoms with Gasteiger partial charge in [-0.05, 0) is 30.5 Å². The van der Waals surface area contributed by atoms with Gasteiger partial charge in [-0.15, -0.1) is 0 Å². The van der Waals surface area contributed by atoms with Crippen LogP contribution in [-0.2, 0) is 10.3 Å². The van der Waals surface area contributed by atoms with E-state index in [1.165, 1.54) is 7.11 Å². The average Bonchev–Trinajstić information content (AvgIpc) is 2.69. The Hall–Kier alpha value is -1.20. The van der Waals surface area contributed by atoms with E-state index in [0.29, 0.717) is 12.8 Å². The predicted octanol–water partition coefficient (Wildman–Crippen LogP) is 2.50. The summed E-state index contributed by atoms with van der Waals surface area (Å²) in [4.78, 5) is 0. The Labute approximate surface area is 110 Å². The smallest absolute Gasteiger partial charge is 0.190 e. The Kier molecular flexibility index (Phi) is 2.98. The van der Waals surface area contributed by atoms with Gasteiger partial charge >= 0.3 is 0 Å². The minimum atomic E-state index is -1.21. The maximum absolute atomic E-state index is 13.7. The lowest BCUT2D eigenvalue weighted by Gasteiger charge is -2.37. The first-order valence-electron chi connectivity index (χ1n) is 6.43. The fourth-order valence-electron chi connectivity index (χ4n) is 3.18. The quantitative estimate of drug-likeness (QED) is 0.897. The lowest BCUT2D eigenvalue weighted by molar-refractivity contribution is -0.115. The number of hydrogen-bond acceptors (Lipinski definition) is 3. The van der Waals surface area contributed by atoms with Gasteiger partial charge in [0.15, 0.2) is 17.4 Å². The molecule has 2 bridgehead atoms. The summed E-state index contributed by atoms with van der Waals surface area (Å²) >= 11 is 0. The monoisotopic (exact) mass is 270 g/mol. The molecule has 0 saturated carbocycles. The van der Waals surface area contributed by atoms with Gasteiger partial charge in [0.25, 0.3) is 0 Å². The molecule has 2 aliphatic rings. The van der Waals surface area contributed by atoms with Crippen LogP contribution in [-0.4, -0.2) is 24.4 Å². The van der Waals surface area contributed by atoms with Crippen molar-refractivity contribution in [2.75, 3.05) is 7.11 Å². The number of methoxy groups -OCH3 is 1. The molecule has 19 heavy (non-hydrogen) atoms. The van der Waals surface area contributed by atoms with Crippen LogP contribution >= 0.6 is 0 Å². The molecule has 0 radical (unpaired) electrons. The molecule has 104 valence electrons. The molecule has 0 aliphatic carbocycles. The molecule has 0 aromatic heterocycles. The summed E-state index contributed by atoms with van der Waals surface area (Å²) in [5.41, 5.74) is -0.943. The molecule has 2 saturated heterocycles. The number of aliphatic hydroxyl groups is 1. The molecule has 2 fully saturated rings. The van der Waals surface area contributed by atoms with E-state index < -0.39 is 23.0 Å². The molecular formula is C14H16F2O3. The van der Waals surface area contributed by atoms with Crippen LogP contribution in [0, 0.1) is 11.6 Å². The van der Waals surface area contributed by atoms with Gasteiger partial charge in [0, 0.05) is 12.8 Å². The third kappa shape index (κ3) is 2.11. The van der Waals surface area contributed by atoms with Gasteiger partial charge in [0.2, 0.25) is 0 Å². The van der Waals surface area contributed by atoms with Crippen LogP contribution < -0.4 is 4.74 Å². The second-order valence-electron chi connectivity index (χ2n) is 5.37. The largest absolute Gasteiger partial charge is 0.491 e. The lowest BCUT2D eigenvalue weighted by Crippen LogP contribution is -2.38. The number of fused-ring (bicyclic) bond motifs is 2. The summed E-state index contributed by atoms with van der Waals surface area (Å²) in [6.07, 6.45) is 2.53. The minimum absolute atomic E-state index is 0.0167. The first-order chi connectivity index (χ1) is 9.01. The second kappa shape index (κ2) is 4.42. The molecular weight excluding hydrogens is 254 g/mol. The van der Waals surface area contributed by atoms with E-state index in [1.54, 1.807) is 0 Å². The van der Waals surface area contributed by atoms with Crippen molar-refractivity contribution >= 4 is 0 Å². The summed E-state index contributed by atoms with van der Waals surface area (Å²) in [5, 5.41) is 10.7. The van der Waals surface area contributed by atoms with Crippen LogP contribution in [0.5, 0.6) is 5.75 Å². The van der Waals surface area contributed by atoms with Crippen molar-refractivity contribution in [1.82, 2.24) is 0 Å². The van der Waals surface area contributed by atoms with Gasteiger partial charge in [-0.1, -0.05) is 0 Å². The average molecular weight is 270 g/mol. The Morgan fingerprint density at radius 2 is 1.74 bits per heavy atom. The van der Waals surface area contributed by atoms with Crippen LogP contribution in [0.15, 0.2) is 12.1 Å². The van der Waals surface area contributed by atoms with Gasteiger partial charge < -0.3 is 14.6 Å². The van der Waals surface area contributed by atoms with Gasteiger partial charge in [-0.3, -0.25) is 0 Å². The Morgan fingerprint density at radius 3 is 2.21 bits per heavy atom. The van der Waals surface area contributed by atoms with Crippen LogP contribution in [0.3, 0.4) is 0 Å². The number of rotatable bonds is 2. The fraction of sp³-hybridized carbons (Fsp3) is 0.571. The zero-order valence-corrected chi connectivity index (χ0v) is 10.7. The van der Waals surface area contributed by atoms with Gasteiger partial charge in [-0.25, -0.2) is 8.78 Å². The van der Waals surface area contributed by atoms with Crippen LogP contribution in [0.1, 0.15) is 31.2 Å². The minimum Gasteiger partial charge on any atom is -0.491 e. The first-order valence-corrected chi connectivity index (χ1v) is 6.43. The first kappa shape index (κ1) is 12.8. The van der Waals surface area contributed by atoms with E-state index in [1.807, 2.05) is 0 Å². The van der Waals surface area contributed by atoms with Crippen molar-refractivity contribution in [3.8, 4) is 5.75 Å². The lowest BCUT2D eigenvalue weighted by atomic mass is 9.83. The Bertz CT molecular complexity index is 468. The summed E-state index contributed by atoms with van der Waals surface area (Å²) < 4.78 is 37.8. The van der Waals surface area contributed by atoms with Crippen molar-refractivity contribution in [3.63, 3.8) is 0 Å². The van der Waals surface area contributed by atoms with Crippen LogP contribution in [0.2, 0.25) is 0 Å². The number of benzene rings is 1. The maximum atomic E-state index is 13.7. The second-order valence-corrected chi connectivity index (χ2v) is 5.37. The van der Waals surface area contributed by atoms with E-state index in [0.717, 1.165) is 25.0 Å². The van der Waals surface area contributed by atoms with Gasteiger partial charge in [-0.2, -0.15) is 0 Å². The van der Waals surface area contributed by atoms with Gasteiger partial charge in [0.05, 0.1) is 24.9 Å². The van der Waals surface area contributed by atoms with Crippen molar-refractivity contribution in [3.05, 3.63) is 29.3 Å². The molecule has 5 heteroatoms. The highest BCUT2D eigenvalue weighted by molar-refractivity contribution is 5.35. The van der Waals surface area contributed by atoms with E-state index >= 15 is 0 Å². The molecule has 2 unspecified atom stereocenters. The van der Waals surface area contributed by atoms with E-state index in [2.05, 4.69) is 4.74 Å². The van der Waals surface area contributed by atoms with Crippen LogP contribution in [0.25, 0.3) is 0 Å². The number of halogens is 2. The Balaban J connectivity index is 1.97. The zero-order valence-electron chi connectivity index (χ0n) is 10.7. The molecule has 0 spiro atoms. The standard InChI is InChI=1S/C14H16F2O3/c1-18-13-11(15)4-8(5-12(13)16)14(17)6-9-2-3-10(7-14)19-9/h4-5,9-10,17H,2-3,6-7H2,1H3. The predicted molar refractivity (Wildman–Crippen MR) is 63.9 cm³/mol. The SMILES string of the molecule is COc1c(F)cc(C2(O)CC3CCC(C2)O3)cc1F. The molecule has 1 aromatic carbocycles. The van der Waals surface area contributed by atoms with Crippen LogP contribution in [0.4, 0.5) is 8.78 Å². The molecule has 1 aromatic rings. The summed E-state index contributed by atoms with van der Waals surface area (Å²) in [6, 6.07) is 2.32. The zero-order chi connectivity index (χ0) is 13.6. The highest BCUT2D eigenvalue weighted by atomic mass is 19.1. The van der Waals surface area contributed by atoms with E-state index in [9.17, 15) is 13.9 Å². The van der Waals surface area contributed by atoms with E-state index in [-0.39, 0.29) is 17.8 Å². The highest BCUT2D eigenvalue weighted by Crippen LogP contribution is 2.44. The highest BCUT2D eigenvalue weighted by Gasteiger charge is 2.45. The number of ether oxygens (including phenoxy) is 2. The summed E-state index contributed by atoms with van der Waals surface area (Å²) in [7, 11) is 1.21. The number of hydrogen-bond donors (Lipinski definition) is 1. The molecule has 2 aliphatic heterocycles. The van der Waals surface area contributed by atoms with Crippen molar-refractivity contribution in [2.24, 2.45) is 0 Å². The van der Waals surface area contributed by atoms with Crippen molar-refractivity contribution in [2.45, 2.75) is 43.5 Å². The topological polar surface area (TPSA) is 38.7 Å². The summed E-state index contributed by atoms with van der Waals surface area (Å²) in [6.45, 7) is 0. The maximum Gasteiger partial charge on any atom is 0.190 e. The Morgan fingerprint density at radius 1 is 1.21 bits per heavy atom. The molecule has 2 heterocycles. The van der Waals surface area contributed by atoms with Gasteiger partial charge in [0.1, 0.15) is 0 Å². The molecule has 3 rings (SSSR count). The normalized spacial score (nSPS) is 33.5. The van der Waals surface area contributed by atoms with Crippen molar-refractivity contribution < 1.29 is 23.4 Å².